The molecule has 0 saturated carbocycles. The SMILES string of the molecule is COc1cc(F)cc(F)c1CCc1ccc(-c2ccc(C#N)nc2C)c2nncn12. The minimum absolute atomic E-state index is 0.184. The lowest BCUT2D eigenvalue weighted by Crippen LogP contribution is -2.04. The molecule has 3 heterocycles. The Labute approximate surface area is 171 Å². The number of benzene rings is 1. The molecule has 0 unspecified atom stereocenters. The second-order valence-corrected chi connectivity index (χ2v) is 6.77. The number of nitriles is 1. The maximum Gasteiger partial charge on any atom is 0.168 e. The summed E-state index contributed by atoms with van der Waals surface area (Å²) in [6, 6.07) is 11.4. The highest BCUT2D eigenvalue weighted by Crippen LogP contribution is 2.28. The van der Waals surface area contributed by atoms with E-state index >= 15 is 0 Å². The van der Waals surface area contributed by atoms with Gasteiger partial charge in [-0.3, -0.25) is 4.40 Å². The molecule has 0 radical (unpaired) electrons. The third-order valence-corrected chi connectivity index (χ3v) is 5.00. The van der Waals surface area contributed by atoms with Crippen LogP contribution in [0.3, 0.4) is 0 Å². The molecule has 6 nitrogen and oxygen atoms in total. The van der Waals surface area contributed by atoms with Crippen molar-refractivity contribution in [1.29, 1.82) is 5.26 Å². The molecule has 0 aliphatic carbocycles. The van der Waals surface area contributed by atoms with E-state index in [1.165, 1.54) is 13.2 Å². The van der Waals surface area contributed by atoms with E-state index in [0.717, 1.165) is 22.9 Å². The summed E-state index contributed by atoms with van der Waals surface area (Å²) in [4.78, 5) is 4.29. The van der Waals surface area contributed by atoms with Gasteiger partial charge in [0, 0.05) is 40.2 Å². The molecule has 30 heavy (non-hydrogen) atoms. The third kappa shape index (κ3) is 3.46. The second-order valence-electron chi connectivity index (χ2n) is 6.77. The lowest BCUT2D eigenvalue weighted by Gasteiger charge is -2.12. The first-order valence-electron chi connectivity index (χ1n) is 9.23. The number of ether oxygens (including phenoxy) is 1. The average Bonchev–Trinajstić information content (AvgIpc) is 3.23. The number of halogens is 2. The second kappa shape index (κ2) is 7.87. The summed E-state index contributed by atoms with van der Waals surface area (Å²) in [5.74, 6) is -1.13. The highest BCUT2D eigenvalue weighted by Gasteiger charge is 2.16. The fourth-order valence-corrected chi connectivity index (χ4v) is 3.54. The maximum atomic E-state index is 14.3. The van der Waals surface area contributed by atoms with Crippen LogP contribution in [-0.2, 0) is 12.8 Å². The summed E-state index contributed by atoms with van der Waals surface area (Å²) < 4.78 is 34.7. The van der Waals surface area contributed by atoms with E-state index in [1.807, 2.05) is 35.6 Å². The van der Waals surface area contributed by atoms with Crippen LogP contribution < -0.4 is 4.74 Å². The smallest absolute Gasteiger partial charge is 0.168 e. The zero-order chi connectivity index (χ0) is 21.3. The highest BCUT2D eigenvalue weighted by molar-refractivity contribution is 5.79. The molecular weight excluding hydrogens is 388 g/mol. The molecule has 0 aliphatic heterocycles. The molecule has 0 N–H and O–H groups in total. The number of aryl methyl sites for hydroxylation is 2. The Morgan fingerprint density at radius 3 is 2.63 bits per heavy atom. The van der Waals surface area contributed by atoms with Crippen molar-refractivity contribution in [3.8, 4) is 22.9 Å². The predicted octanol–water partition coefficient (Wildman–Crippen LogP) is 4.04. The van der Waals surface area contributed by atoms with E-state index in [-0.39, 0.29) is 5.75 Å². The van der Waals surface area contributed by atoms with Gasteiger partial charge in [0.1, 0.15) is 35.5 Å². The van der Waals surface area contributed by atoms with E-state index in [2.05, 4.69) is 15.2 Å². The summed E-state index contributed by atoms with van der Waals surface area (Å²) in [6.07, 6.45) is 2.39. The molecule has 150 valence electrons. The van der Waals surface area contributed by atoms with Gasteiger partial charge in [-0.25, -0.2) is 13.8 Å². The van der Waals surface area contributed by atoms with Crippen LogP contribution in [0, 0.1) is 29.9 Å². The topological polar surface area (TPSA) is 76.1 Å². The minimum Gasteiger partial charge on any atom is -0.496 e. The van der Waals surface area contributed by atoms with E-state index in [1.54, 1.807) is 12.4 Å². The van der Waals surface area contributed by atoms with Crippen molar-refractivity contribution in [1.82, 2.24) is 19.6 Å². The molecule has 4 aromatic rings. The quantitative estimate of drug-likeness (QED) is 0.501. The Balaban J connectivity index is 1.70. The minimum atomic E-state index is -0.676. The van der Waals surface area contributed by atoms with Gasteiger partial charge in [-0.05, 0) is 44.0 Å². The van der Waals surface area contributed by atoms with Crippen LogP contribution in [-0.4, -0.2) is 26.7 Å². The summed E-state index contributed by atoms with van der Waals surface area (Å²) in [5.41, 5.74) is 4.56. The Bertz CT molecular complexity index is 1290. The largest absolute Gasteiger partial charge is 0.496 e. The van der Waals surface area contributed by atoms with Crippen LogP contribution >= 0.6 is 0 Å². The van der Waals surface area contributed by atoms with Gasteiger partial charge in [-0.1, -0.05) is 0 Å². The first kappa shape index (κ1) is 19.5. The first-order valence-corrected chi connectivity index (χ1v) is 9.23. The average molecular weight is 405 g/mol. The summed E-state index contributed by atoms with van der Waals surface area (Å²) in [5, 5.41) is 17.3. The number of hydrogen-bond donors (Lipinski definition) is 0. The number of pyridine rings is 2. The fourth-order valence-electron chi connectivity index (χ4n) is 3.54. The Morgan fingerprint density at radius 2 is 1.90 bits per heavy atom. The standard InChI is InChI=1S/C22H17F2N5O/c1-13-17(6-3-15(11-25)27-13)18-7-4-16(29-12-26-28-22(18)29)5-8-19-20(24)9-14(23)10-21(19)30-2/h3-4,6-7,9-10,12H,5,8H2,1-2H3. The van der Waals surface area contributed by atoms with Crippen LogP contribution in [0.5, 0.6) is 5.75 Å². The number of methoxy groups -OCH3 is 1. The zero-order valence-electron chi connectivity index (χ0n) is 16.4. The van der Waals surface area contributed by atoms with Gasteiger partial charge in [-0.2, -0.15) is 5.26 Å². The molecule has 0 bridgehead atoms. The van der Waals surface area contributed by atoms with Crippen LogP contribution in [0.15, 0.2) is 42.7 Å². The normalized spacial score (nSPS) is 10.9. The van der Waals surface area contributed by atoms with E-state index in [4.69, 9.17) is 10.00 Å². The molecule has 3 aromatic heterocycles. The highest BCUT2D eigenvalue weighted by atomic mass is 19.1. The molecule has 0 atom stereocenters. The summed E-state index contributed by atoms with van der Waals surface area (Å²) in [7, 11) is 1.39. The lowest BCUT2D eigenvalue weighted by atomic mass is 10.0. The van der Waals surface area contributed by atoms with Crippen molar-refractivity contribution in [2.75, 3.05) is 7.11 Å². The molecule has 8 heteroatoms. The molecule has 0 aliphatic rings. The molecule has 0 amide bonds. The molecule has 4 rings (SSSR count). The number of aromatic nitrogens is 4. The van der Waals surface area contributed by atoms with Crippen LogP contribution in [0.25, 0.3) is 16.8 Å². The van der Waals surface area contributed by atoms with E-state index in [9.17, 15) is 8.78 Å². The van der Waals surface area contributed by atoms with Gasteiger partial charge >= 0.3 is 0 Å². The molecule has 1 aromatic carbocycles. The zero-order valence-corrected chi connectivity index (χ0v) is 16.4. The molecule has 0 spiro atoms. The van der Waals surface area contributed by atoms with Gasteiger partial charge < -0.3 is 4.74 Å². The number of fused-ring (bicyclic) bond motifs is 1. The van der Waals surface area contributed by atoms with Gasteiger partial charge in [0.05, 0.1) is 7.11 Å². The van der Waals surface area contributed by atoms with Crippen molar-refractivity contribution >= 4 is 5.65 Å². The Morgan fingerprint density at radius 1 is 1.10 bits per heavy atom. The fraction of sp³-hybridized carbons (Fsp3) is 0.182. The molecular formula is C22H17F2N5O. The third-order valence-electron chi connectivity index (χ3n) is 5.00. The van der Waals surface area contributed by atoms with Crippen molar-refractivity contribution in [3.63, 3.8) is 0 Å². The first-order chi connectivity index (χ1) is 14.5. The van der Waals surface area contributed by atoms with E-state index in [0.29, 0.717) is 35.4 Å². The van der Waals surface area contributed by atoms with Crippen LogP contribution in [0.1, 0.15) is 22.6 Å². The monoisotopic (exact) mass is 405 g/mol. The van der Waals surface area contributed by atoms with E-state index < -0.39 is 11.6 Å². The van der Waals surface area contributed by atoms with Gasteiger partial charge in [0.2, 0.25) is 0 Å². The molecule has 0 fully saturated rings. The Kier molecular flexibility index (Phi) is 5.11. The Hall–Kier alpha value is -3.86. The number of nitrogens with zero attached hydrogens (tertiary/aromatic N) is 5. The van der Waals surface area contributed by atoms with Gasteiger partial charge in [-0.15, -0.1) is 10.2 Å². The summed E-state index contributed by atoms with van der Waals surface area (Å²) >= 11 is 0. The lowest BCUT2D eigenvalue weighted by molar-refractivity contribution is 0.399. The van der Waals surface area contributed by atoms with Crippen molar-refractivity contribution < 1.29 is 13.5 Å². The van der Waals surface area contributed by atoms with Crippen LogP contribution in [0.2, 0.25) is 0 Å². The van der Waals surface area contributed by atoms with Crippen molar-refractivity contribution in [2.45, 2.75) is 19.8 Å². The number of rotatable bonds is 5. The van der Waals surface area contributed by atoms with Crippen molar-refractivity contribution in [3.05, 3.63) is 77.0 Å². The van der Waals surface area contributed by atoms with Gasteiger partial charge in [0.25, 0.3) is 0 Å². The van der Waals surface area contributed by atoms with Crippen LogP contribution in [0.4, 0.5) is 8.78 Å². The summed E-state index contributed by atoms with van der Waals surface area (Å²) in [6.45, 7) is 1.83. The predicted molar refractivity (Wildman–Crippen MR) is 106 cm³/mol. The number of hydrogen-bond acceptors (Lipinski definition) is 5. The van der Waals surface area contributed by atoms with Gasteiger partial charge in [0.15, 0.2) is 5.65 Å². The van der Waals surface area contributed by atoms with Crippen molar-refractivity contribution in [2.24, 2.45) is 0 Å². The maximum absolute atomic E-state index is 14.3. The molecule has 0 saturated heterocycles.